The zero-order valence-corrected chi connectivity index (χ0v) is 14.1. The lowest BCUT2D eigenvalue weighted by Gasteiger charge is -2.23. The first-order valence-corrected chi connectivity index (χ1v) is 7.80. The summed E-state index contributed by atoms with van der Waals surface area (Å²) in [5, 5.41) is 6.76. The number of halogens is 1. The lowest BCUT2D eigenvalue weighted by molar-refractivity contribution is -0.119. The van der Waals surface area contributed by atoms with Crippen molar-refractivity contribution in [1.82, 2.24) is 10.6 Å². The van der Waals surface area contributed by atoms with Crippen LogP contribution in [0.5, 0.6) is 0 Å². The molecule has 1 rings (SSSR count). The van der Waals surface area contributed by atoms with Crippen molar-refractivity contribution in [1.29, 1.82) is 0 Å². The number of anilines is 1. The topological polar surface area (TPSA) is 44.4 Å². The second-order valence-corrected chi connectivity index (χ2v) is 5.90. The minimum atomic E-state index is -0.00403. The highest BCUT2D eigenvalue weighted by Gasteiger charge is 2.10. The lowest BCUT2D eigenvalue weighted by Crippen LogP contribution is -2.35. The molecule has 5 heteroatoms. The van der Waals surface area contributed by atoms with Crippen molar-refractivity contribution in [2.75, 3.05) is 31.6 Å². The summed E-state index contributed by atoms with van der Waals surface area (Å²) in [5.74, 6) is 0.613. The van der Waals surface area contributed by atoms with Crippen molar-refractivity contribution in [3.63, 3.8) is 0 Å². The van der Waals surface area contributed by atoms with Crippen LogP contribution in [-0.2, 0) is 11.3 Å². The van der Waals surface area contributed by atoms with Crippen LogP contribution in [0.2, 0.25) is 5.02 Å². The van der Waals surface area contributed by atoms with Gasteiger partial charge in [-0.2, -0.15) is 0 Å². The SMILES string of the molecule is CCN(CC(=O)NC)c1ccc(CNCC(C)C)c(Cl)c1. The molecule has 0 aromatic heterocycles. The van der Waals surface area contributed by atoms with Gasteiger partial charge in [-0.3, -0.25) is 4.79 Å². The normalized spacial score (nSPS) is 10.8. The van der Waals surface area contributed by atoms with Crippen LogP contribution in [0.1, 0.15) is 26.3 Å². The summed E-state index contributed by atoms with van der Waals surface area (Å²) in [6.45, 7) is 9.21. The lowest BCUT2D eigenvalue weighted by atomic mass is 10.1. The second kappa shape index (κ2) is 8.90. The maximum Gasteiger partial charge on any atom is 0.239 e. The van der Waals surface area contributed by atoms with Crippen LogP contribution in [0, 0.1) is 5.92 Å². The number of hydrogen-bond acceptors (Lipinski definition) is 3. The van der Waals surface area contributed by atoms with Gasteiger partial charge < -0.3 is 15.5 Å². The van der Waals surface area contributed by atoms with Gasteiger partial charge >= 0.3 is 0 Å². The van der Waals surface area contributed by atoms with Crippen molar-refractivity contribution < 1.29 is 4.79 Å². The van der Waals surface area contributed by atoms with Gasteiger partial charge in [0.05, 0.1) is 6.54 Å². The maximum absolute atomic E-state index is 11.5. The number of rotatable bonds is 8. The Kier molecular flexibility index (Phi) is 7.54. The molecule has 0 saturated heterocycles. The van der Waals surface area contributed by atoms with E-state index in [0.29, 0.717) is 12.5 Å². The number of benzene rings is 1. The number of nitrogens with one attached hydrogen (secondary N) is 2. The Morgan fingerprint density at radius 1 is 1.38 bits per heavy atom. The minimum absolute atomic E-state index is 0.00403. The third-order valence-electron chi connectivity index (χ3n) is 3.26. The summed E-state index contributed by atoms with van der Waals surface area (Å²) in [7, 11) is 1.65. The number of likely N-dealkylation sites (N-methyl/N-ethyl adjacent to an activating group) is 2. The molecule has 1 aromatic rings. The van der Waals surface area contributed by atoms with E-state index in [1.54, 1.807) is 7.05 Å². The molecule has 118 valence electrons. The van der Waals surface area contributed by atoms with Crippen LogP contribution in [0.25, 0.3) is 0 Å². The molecule has 0 aliphatic rings. The van der Waals surface area contributed by atoms with Crippen molar-refractivity contribution in [2.45, 2.75) is 27.3 Å². The Hall–Kier alpha value is -1.26. The molecule has 0 aliphatic carbocycles. The Labute approximate surface area is 132 Å². The molecule has 0 bridgehead atoms. The van der Waals surface area contributed by atoms with Gasteiger partial charge in [-0.25, -0.2) is 0 Å². The predicted octanol–water partition coefficient (Wildman–Crippen LogP) is 2.66. The van der Waals surface area contributed by atoms with Crippen LogP contribution < -0.4 is 15.5 Å². The van der Waals surface area contributed by atoms with Gasteiger partial charge in [-0.1, -0.05) is 31.5 Å². The quantitative estimate of drug-likeness (QED) is 0.776. The molecule has 1 aromatic carbocycles. The molecule has 0 aliphatic heterocycles. The number of hydrogen-bond donors (Lipinski definition) is 2. The first-order valence-electron chi connectivity index (χ1n) is 7.42. The van der Waals surface area contributed by atoms with E-state index in [9.17, 15) is 4.79 Å². The Morgan fingerprint density at radius 2 is 2.10 bits per heavy atom. The van der Waals surface area contributed by atoms with Crippen LogP contribution >= 0.6 is 11.6 Å². The Balaban J connectivity index is 2.73. The van der Waals surface area contributed by atoms with E-state index < -0.39 is 0 Å². The van der Waals surface area contributed by atoms with E-state index in [1.165, 1.54) is 0 Å². The summed E-state index contributed by atoms with van der Waals surface area (Å²) in [6.07, 6.45) is 0. The van der Waals surface area contributed by atoms with Gasteiger partial charge in [0.1, 0.15) is 0 Å². The highest BCUT2D eigenvalue weighted by molar-refractivity contribution is 6.31. The van der Waals surface area contributed by atoms with Crippen molar-refractivity contribution in [3.8, 4) is 0 Å². The Morgan fingerprint density at radius 3 is 2.62 bits per heavy atom. The van der Waals surface area contributed by atoms with Crippen LogP contribution in [0.4, 0.5) is 5.69 Å². The molecular weight excluding hydrogens is 286 g/mol. The molecular formula is C16H26ClN3O. The fourth-order valence-electron chi connectivity index (χ4n) is 2.01. The van der Waals surface area contributed by atoms with Crippen molar-refractivity contribution in [3.05, 3.63) is 28.8 Å². The number of carbonyl (C=O) groups is 1. The fourth-order valence-corrected chi connectivity index (χ4v) is 2.25. The molecule has 0 spiro atoms. The fraction of sp³-hybridized carbons (Fsp3) is 0.562. The van der Waals surface area contributed by atoms with E-state index in [0.717, 1.165) is 35.9 Å². The highest BCUT2D eigenvalue weighted by Crippen LogP contribution is 2.23. The predicted molar refractivity (Wildman–Crippen MR) is 90.0 cm³/mol. The van der Waals surface area contributed by atoms with Crippen LogP contribution in [0.3, 0.4) is 0 Å². The summed E-state index contributed by atoms with van der Waals surface area (Å²) in [6, 6.07) is 5.97. The van der Waals surface area contributed by atoms with Gasteiger partial charge in [0, 0.05) is 30.8 Å². The minimum Gasteiger partial charge on any atom is -0.362 e. The van der Waals surface area contributed by atoms with E-state index in [2.05, 4.69) is 24.5 Å². The van der Waals surface area contributed by atoms with E-state index in [-0.39, 0.29) is 5.91 Å². The molecule has 4 nitrogen and oxygen atoms in total. The summed E-state index contributed by atoms with van der Waals surface area (Å²) < 4.78 is 0. The Bertz CT molecular complexity index is 463. The highest BCUT2D eigenvalue weighted by atomic mass is 35.5. The number of carbonyl (C=O) groups excluding carboxylic acids is 1. The first-order chi connectivity index (χ1) is 9.97. The third kappa shape index (κ3) is 5.94. The monoisotopic (exact) mass is 311 g/mol. The molecule has 0 saturated carbocycles. The van der Waals surface area contributed by atoms with E-state index in [4.69, 9.17) is 11.6 Å². The first kappa shape index (κ1) is 17.8. The molecule has 0 atom stereocenters. The smallest absolute Gasteiger partial charge is 0.239 e. The molecule has 21 heavy (non-hydrogen) atoms. The third-order valence-corrected chi connectivity index (χ3v) is 3.62. The standard InChI is InChI=1S/C16H26ClN3O/c1-5-20(11-16(21)18-4)14-7-6-13(15(17)8-14)10-19-9-12(2)3/h6-8,12,19H,5,9-11H2,1-4H3,(H,18,21). The van der Waals surface area contributed by atoms with E-state index >= 15 is 0 Å². The largest absolute Gasteiger partial charge is 0.362 e. The summed E-state index contributed by atoms with van der Waals surface area (Å²) >= 11 is 6.35. The van der Waals surface area contributed by atoms with Crippen molar-refractivity contribution in [2.24, 2.45) is 5.92 Å². The summed E-state index contributed by atoms with van der Waals surface area (Å²) in [5.41, 5.74) is 2.05. The molecule has 0 radical (unpaired) electrons. The molecule has 0 unspecified atom stereocenters. The van der Waals surface area contributed by atoms with Crippen LogP contribution in [-0.4, -0.2) is 32.6 Å². The van der Waals surface area contributed by atoms with Gasteiger partial charge in [-0.05, 0) is 37.1 Å². The van der Waals surface area contributed by atoms with Crippen molar-refractivity contribution >= 4 is 23.2 Å². The second-order valence-electron chi connectivity index (χ2n) is 5.49. The molecule has 0 fully saturated rings. The summed E-state index contributed by atoms with van der Waals surface area (Å²) in [4.78, 5) is 13.5. The van der Waals surface area contributed by atoms with E-state index in [1.807, 2.05) is 30.0 Å². The van der Waals surface area contributed by atoms with Gasteiger partial charge in [-0.15, -0.1) is 0 Å². The molecule has 1 amide bonds. The maximum atomic E-state index is 11.5. The zero-order valence-electron chi connectivity index (χ0n) is 13.4. The number of amides is 1. The average Bonchev–Trinajstić information content (AvgIpc) is 2.45. The van der Waals surface area contributed by atoms with Crippen LogP contribution in [0.15, 0.2) is 18.2 Å². The molecule has 0 heterocycles. The van der Waals surface area contributed by atoms with Gasteiger partial charge in [0.25, 0.3) is 0 Å². The van der Waals surface area contributed by atoms with Gasteiger partial charge in [0.15, 0.2) is 0 Å². The average molecular weight is 312 g/mol. The molecule has 2 N–H and O–H groups in total. The zero-order chi connectivity index (χ0) is 15.8. The number of nitrogens with zero attached hydrogens (tertiary/aromatic N) is 1. The van der Waals surface area contributed by atoms with Gasteiger partial charge in [0.2, 0.25) is 5.91 Å².